The number of benzene rings is 5. The first kappa shape index (κ1) is 42.2. The van der Waals surface area contributed by atoms with E-state index in [1.54, 1.807) is 7.11 Å². The van der Waals surface area contributed by atoms with Crippen LogP contribution in [0.25, 0.3) is 28.0 Å². The van der Waals surface area contributed by atoms with E-state index in [4.69, 9.17) is 18.9 Å². The maximum absolute atomic E-state index is 9.72. The average molecular weight is 847 g/mol. The van der Waals surface area contributed by atoms with Crippen LogP contribution in [0.5, 0.6) is 23.0 Å². The lowest BCUT2D eigenvalue weighted by Gasteiger charge is -2.52. The fourth-order valence-corrected chi connectivity index (χ4v) is 13.2. The van der Waals surface area contributed by atoms with Crippen LogP contribution in [-0.4, -0.2) is 42.7 Å². The molecule has 2 N–H and O–H groups in total. The first-order valence-corrected chi connectivity index (χ1v) is 23.8. The zero-order valence-electron chi connectivity index (χ0n) is 38.3. The van der Waals surface area contributed by atoms with Crippen LogP contribution in [0.3, 0.4) is 0 Å². The van der Waals surface area contributed by atoms with Gasteiger partial charge in [-0.05, 0) is 176 Å². The second-order valence-corrected chi connectivity index (χ2v) is 21.5. The smallest absolute Gasteiger partial charge is 0.178 e. The summed E-state index contributed by atoms with van der Waals surface area (Å²) in [7, 11) is 1.75. The van der Waals surface area contributed by atoms with E-state index >= 15 is 0 Å². The number of methoxy groups -OCH3 is 1. The van der Waals surface area contributed by atoms with Gasteiger partial charge in [0.2, 0.25) is 0 Å². The van der Waals surface area contributed by atoms with Crippen LogP contribution in [0.2, 0.25) is 0 Å². The van der Waals surface area contributed by atoms with Crippen LogP contribution < -0.4 is 18.9 Å². The van der Waals surface area contributed by atoms with Gasteiger partial charge in [0.1, 0.15) is 23.0 Å². The molecule has 3 fully saturated rings. The number of aliphatic hydroxyl groups is 2. The van der Waals surface area contributed by atoms with Gasteiger partial charge >= 0.3 is 0 Å². The van der Waals surface area contributed by atoms with E-state index in [2.05, 4.69) is 132 Å². The minimum absolute atomic E-state index is 0.124. The van der Waals surface area contributed by atoms with Crippen LogP contribution in [-0.2, 0) is 11.0 Å². The van der Waals surface area contributed by atoms with Crippen LogP contribution in [0, 0.1) is 29.6 Å². The molecule has 0 aromatic heterocycles. The third-order valence-electron chi connectivity index (χ3n) is 15.5. The number of aryl methyl sites for hydroxylation is 1. The highest BCUT2D eigenvalue weighted by Gasteiger charge is 2.55. The molecule has 0 bridgehead atoms. The number of rotatable bonds is 9. The number of hydrogen-bond donors (Lipinski definition) is 2. The number of fused-ring (bicyclic) bond motifs is 10. The number of ether oxygens (including phenoxy) is 4. The predicted octanol–water partition coefficient (Wildman–Crippen LogP) is 12.9. The Hall–Kier alpha value is -4.78. The van der Waals surface area contributed by atoms with Gasteiger partial charge in [0.05, 0.1) is 19.3 Å². The summed E-state index contributed by atoms with van der Waals surface area (Å²) in [4.78, 5) is 0. The average Bonchev–Trinajstić information content (AvgIpc) is 3.53. The van der Waals surface area contributed by atoms with E-state index < -0.39 is 5.60 Å². The summed E-state index contributed by atoms with van der Waals surface area (Å²) in [6.07, 6.45) is 16.1. The first-order valence-electron chi connectivity index (χ1n) is 23.8. The molecule has 5 aromatic carbocycles. The summed E-state index contributed by atoms with van der Waals surface area (Å²) in [5.74, 6) is 4.15. The lowest BCUT2D eigenvalue weighted by Crippen LogP contribution is -2.44. The first-order chi connectivity index (χ1) is 30.3. The topological polar surface area (TPSA) is 77.4 Å². The lowest BCUT2D eigenvalue weighted by atomic mass is 9.52. The Balaban J connectivity index is 1.13. The zero-order chi connectivity index (χ0) is 43.7. The largest absolute Gasteiger partial charge is 0.497 e. The molecule has 6 heteroatoms. The molecule has 10 rings (SSSR count). The molecule has 0 amide bonds. The third kappa shape index (κ3) is 7.53. The highest BCUT2D eigenvalue weighted by atomic mass is 16.5. The highest BCUT2D eigenvalue weighted by Crippen LogP contribution is 2.67. The van der Waals surface area contributed by atoms with Crippen molar-refractivity contribution in [1.82, 2.24) is 0 Å². The normalized spacial score (nSPS) is 26.3. The number of hydrogen-bond acceptors (Lipinski definition) is 6. The van der Waals surface area contributed by atoms with Gasteiger partial charge in [0, 0.05) is 40.7 Å². The van der Waals surface area contributed by atoms with Crippen molar-refractivity contribution in [3.63, 3.8) is 0 Å². The van der Waals surface area contributed by atoms with Crippen LogP contribution in [0.4, 0.5) is 0 Å². The van der Waals surface area contributed by atoms with E-state index in [0.29, 0.717) is 11.8 Å². The minimum atomic E-state index is -0.965. The maximum Gasteiger partial charge on any atom is 0.178 e. The van der Waals surface area contributed by atoms with E-state index in [1.807, 2.05) is 0 Å². The molecule has 1 heterocycles. The summed E-state index contributed by atoms with van der Waals surface area (Å²) in [5, 5.41) is 21.7. The molecule has 63 heavy (non-hydrogen) atoms. The highest BCUT2D eigenvalue weighted by molar-refractivity contribution is 6.09. The van der Waals surface area contributed by atoms with Gasteiger partial charge in [-0.3, -0.25) is 0 Å². The second-order valence-electron chi connectivity index (χ2n) is 21.5. The Morgan fingerprint density at radius 3 is 1.68 bits per heavy atom. The standard InChI is InChI=1S/C57H66O6/c1-36-7-25-47-50(29-36)56(34-54(2,3)33-55(4,5)35-56)52-48-27-28-57(63-53(48)49-30-45(60-6)24-26-46(49)51(47)52,39-12-20-43(21-13-39)61-41-16-8-37(31-58)9-17-41)40-14-22-44(23-15-40)62-42-18-10-38(32-59)11-19-42/h7,12-15,20-30,37-38,41-42,58-59H,8-11,16-19,31-35H2,1-6H3. The summed E-state index contributed by atoms with van der Waals surface area (Å²) in [6.45, 7) is 12.6. The molecule has 0 unspecified atom stereocenters. The molecular weight excluding hydrogens is 781 g/mol. The molecule has 3 saturated carbocycles. The van der Waals surface area contributed by atoms with Gasteiger partial charge in [0.25, 0.3) is 0 Å². The van der Waals surface area contributed by atoms with Crippen molar-refractivity contribution in [3.8, 4) is 34.1 Å². The van der Waals surface area contributed by atoms with Gasteiger partial charge in [0.15, 0.2) is 5.60 Å². The Kier molecular flexibility index (Phi) is 10.7. The fourth-order valence-electron chi connectivity index (χ4n) is 13.2. The van der Waals surface area contributed by atoms with E-state index in [1.165, 1.54) is 45.2 Å². The molecule has 0 radical (unpaired) electrons. The third-order valence-corrected chi connectivity index (χ3v) is 15.5. The van der Waals surface area contributed by atoms with Crippen molar-refractivity contribution in [1.29, 1.82) is 0 Å². The summed E-state index contributed by atoms with van der Waals surface area (Å²) >= 11 is 0. The SMILES string of the molecule is COc1ccc2c3c(c4c(c2c1)OC(c1ccc(OC2CCC(CO)CC2)cc1)(c1ccc(OC2CCC(CO)CC2)cc1)C=C4)C1(CC(C)(C)CC(C)(C)C1)c1cc(C)ccc1-3. The zero-order valence-corrected chi connectivity index (χ0v) is 38.3. The van der Waals surface area contributed by atoms with Gasteiger partial charge in [-0.15, -0.1) is 0 Å². The van der Waals surface area contributed by atoms with Crippen LogP contribution >= 0.6 is 0 Å². The predicted molar refractivity (Wildman–Crippen MR) is 253 cm³/mol. The van der Waals surface area contributed by atoms with Crippen molar-refractivity contribution in [3.05, 3.63) is 124 Å². The van der Waals surface area contributed by atoms with E-state index in [0.717, 1.165) is 104 Å². The fraction of sp³-hybridized carbons (Fsp3) is 0.474. The van der Waals surface area contributed by atoms with Gasteiger partial charge < -0.3 is 29.2 Å². The second kappa shape index (κ2) is 16.0. The molecule has 1 aliphatic heterocycles. The molecule has 5 aliphatic rings. The molecule has 5 aromatic rings. The van der Waals surface area contributed by atoms with E-state index in [-0.39, 0.29) is 41.7 Å². The molecule has 0 saturated heterocycles. The Bertz CT molecular complexity index is 2430. The quantitative estimate of drug-likeness (QED) is 0.154. The molecule has 4 aliphatic carbocycles. The Morgan fingerprint density at radius 1 is 0.619 bits per heavy atom. The summed E-state index contributed by atoms with van der Waals surface area (Å²) in [5.41, 5.74) is 9.11. The van der Waals surface area contributed by atoms with Gasteiger partial charge in [-0.1, -0.05) is 81.8 Å². The molecule has 0 atom stereocenters. The monoisotopic (exact) mass is 846 g/mol. The van der Waals surface area contributed by atoms with E-state index in [9.17, 15) is 10.2 Å². The Morgan fingerprint density at radius 2 is 1.16 bits per heavy atom. The van der Waals surface area contributed by atoms with Crippen molar-refractivity contribution < 1.29 is 29.2 Å². The molecule has 6 nitrogen and oxygen atoms in total. The molecule has 330 valence electrons. The van der Waals surface area contributed by atoms with Crippen molar-refractivity contribution in [2.75, 3.05) is 20.3 Å². The minimum Gasteiger partial charge on any atom is -0.497 e. The van der Waals surface area contributed by atoms with Crippen LogP contribution in [0.15, 0.2) is 91.0 Å². The summed E-state index contributed by atoms with van der Waals surface area (Å²) in [6, 6.07) is 30.8. The van der Waals surface area contributed by atoms with Crippen molar-refractivity contribution in [2.45, 2.75) is 128 Å². The molecule has 1 spiro atoms. The van der Waals surface area contributed by atoms with Crippen molar-refractivity contribution in [2.24, 2.45) is 22.7 Å². The maximum atomic E-state index is 9.72. The van der Waals surface area contributed by atoms with Crippen molar-refractivity contribution >= 4 is 16.8 Å². The van der Waals surface area contributed by atoms with Gasteiger partial charge in [-0.25, -0.2) is 0 Å². The lowest BCUT2D eigenvalue weighted by molar-refractivity contribution is 0.0641. The number of aliphatic hydroxyl groups excluding tert-OH is 2. The Labute approximate surface area is 374 Å². The van der Waals surface area contributed by atoms with Crippen LogP contribution in [0.1, 0.15) is 132 Å². The summed E-state index contributed by atoms with van der Waals surface area (Å²) < 4.78 is 26.9. The molecular formula is C57H66O6. The van der Waals surface area contributed by atoms with Gasteiger partial charge in [-0.2, -0.15) is 0 Å².